The van der Waals surface area contributed by atoms with Gasteiger partial charge in [-0.15, -0.1) is 0 Å². The summed E-state index contributed by atoms with van der Waals surface area (Å²) in [7, 11) is 1.57. The molecule has 3 aromatic rings. The summed E-state index contributed by atoms with van der Waals surface area (Å²) < 4.78 is 11.5. The zero-order chi connectivity index (χ0) is 31.1. The molecule has 44 heavy (non-hydrogen) atoms. The van der Waals surface area contributed by atoms with Gasteiger partial charge in [0.2, 0.25) is 5.88 Å². The number of hydrogen-bond acceptors (Lipinski definition) is 9. The summed E-state index contributed by atoms with van der Waals surface area (Å²) in [6.45, 7) is 8.96. The number of ether oxygens (including phenoxy) is 2. The van der Waals surface area contributed by atoms with Gasteiger partial charge in [-0.2, -0.15) is 0 Å². The van der Waals surface area contributed by atoms with E-state index in [0.717, 1.165) is 81.3 Å². The Morgan fingerprint density at radius 3 is 2.39 bits per heavy atom. The molecule has 1 atom stereocenters. The van der Waals surface area contributed by atoms with Crippen molar-refractivity contribution in [1.82, 2.24) is 25.1 Å². The van der Waals surface area contributed by atoms with E-state index >= 15 is 0 Å². The van der Waals surface area contributed by atoms with Crippen LogP contribution in [0.4, 0.5) is 10.6 Å². The second-order valence-corrected chi connectivity index (χ2v) is 12.4. The Balaban J connectivity index is 1.27. The van der Waals surface area contributed by atoms with Crippen LogP contribution in [0, 0.1) is 5.92 Å². The van der Waals surface area contributed by atoms with Crippen molar-refractivity contribution >= 4 is 35.1 Å². The van der Waals surface area contributed by atoms with E-state index in [1.54, 1.807) is 19.3 Å². The predicted octanol–water partition coefficient (Wildman–Crippen LogP) is 5.31. The number of anilines is 1. The number of pyridine rings is 2. The van der Waals surface area contributed by atoms with Crippen LogP contribution in [-0.4, -0.2) is 96.5 Å². The van der Waals surface area contributed by atoms with Crippen molar-refractivity contribution in [2.24, 2.45) is 5.92 Å². The summed E-state index contributed by atoms with van der Waals surface area (Å²) >= 11 is 12.7. The molecule has 0 unspecified atom stereocenters. The quantitative estimate of drug-likeness (QED) is 0.304. The van der Waals surface area contributed by atoms with E-state index in [2.05, 4.69) is 25.0 Å². The van der Waals surface area contributed by atoms with Gasteiger partial charge in [-0.3, -0.25) is 9.80 Å². The number of aliphatic hydroxyl groups excluding tert-OH is 1. The second-order valence-electron chi connectivity index (χ2n) is 11.5. The number of alkyl carbamates (subject to hydrolysis) is 1. The number of benzene rings is 1. The van der Waals surface area contributed by atoms with E-state index in [4.69, 9.17) is 37.7 Å². The fourth-order valence-electron chi connectivity index (χ4n) is 5.66. The van der Waals surface area contributed by atoms with Crippen molar-refractivity contribution in [3.05, 3.63) is 64.3 Å². The molecule has 0 radical (unpaired) electrons. The number of β-amino-alcohol motifs (C(OH)–C–C–N with tert-alkyl or cyclic N) is 1. The molecule has 2 N–H and O–H groups in total. The first-order valence-electron chi connectivity index (χ1n) is 15.1. The monoisotopic (exact) mass is 642 g/mol. The van der Waals surface area contributed by atoms with E-state index in [1.807, 2.05) is 43.3 Å². The molecule has 0 bridgehead atoms. The van der Waals surface area contributed by atoms with Gasteiger partial charge in [0.15, 0.2) is 0 Å². The van der Waals surface area contributed by atoms with Crippen LogP contribution in [0.2, 0.25) is 10.0 Å². The first-order valence-corrected chi connectivity index (χ1v) is 15.8. The molecule has 12 heteroatoms. The third-order valence-corrected chi connectivity index (χ3v) is 8.39. The molecule has 1 aromatic carbocycles. The number of aliphatic hydroxyl groups is 1. The van der Waals surface area contributed by atoms with Gasteiger partial charge < -0.3 is 24.8 Å². The van der Waals surface area contributed by atoms with Crippen molar-refractivity contribution in [3.8, 4) is 22.9 Å². The molecule has 1 amide bonds. The molecule has 5 rings (SSSR count). The van der Waals surface area contributed by atoms with Crippen molar-refractivity contribution < 1.29 is 19.4 Å². The number of likely N-dealkylation sites (tertiary alicyclic amines) is 1. The molecular formula is C32H40Cl2N6O4. The topological polar surface area (TPSA) is 103 Å². The summed E-state index contributed by atoms with van der Waals surface area (Å²) in [4.78, 5) is 27.8. The van der Waals surface area contributed by atoms with Crippen LogP contribution < -0.4 is 15.0 Å². The Bertz CT molecular complexity index is 1370. The third kappa shape index (κ3) is 9.18. The first-order chi connectivity index (χ1) is 21.2. The van der Waals surface area contributed by atoms with Gasteiger partial charge in [0.25, 0.3) is 0 Å². The van der Waals surface area contributed by atoms with Crippen LogP contribution in [-0.2, 0) is 11.3 Å². The lowest BCUT2D eigenvalue weighted by atomic mass is 9.97. The Morgan fingerprint density at radius 1 is 1.02 bits per heavy atom. The molecule has 236 valence electrons. The van der Waals surface area contributed by atoms with Crippen LogP contribution in [0.25, 0.3) is 11.3 Å². The van der Waals surface area contributed by atoms with Gasteiger partial charge in [-0.25, -0.2) is 14.8 Å². The van der Waals surface area contributed by atoms with Gasteiger partial charge in [0.1, 0.15) is 11.6 Å². The van der Waals surface area contributed by atoms with Crippen LogP contribution in [0.5, 0.6) is 11.6 Å². The van der Waals surface area contributed by atoms with E-state index in [-0.39, 0.29) is 12.2 Å². The number of piperazine rings is 1. The summed E-state index contributed by atoms with van der Waals surface area (Å²) in [5.41, 5.74) is 2.58. The van der Waals surface area contributed by atoms with Gasteiger partial charge in [-0.1, -0.05) is 23.2 Å². The number of halogens is 2. The lowest BCUT2D eigenvalue weighted by Crippen LogP contribution is -2.48. The number of nitrogens with one attached hydrogen (secondary N) is 1. The zero-order valence-electron chi connectivity index (χ0n) is 25.2. The Morgan fingerprint density at radius 2 is 1.75 bits per heavy atom. The Labute approximate surface area is 268 Å². The minimum atomic E-state index is -0.387. The highest BCUT2D eigenvalue weighted by atomic mass is 35.5. The van der Waals surface area contributed by atoms with Gasteiger partial charge in [0.05, 0.1) is 24.6 Å². The molecule has 2 aliphatic rings. The average molecular weight is 644 g/mol. The number of rotatable bonds is 10. The van der Waals surface area contributed by atoms with E-state index in [9.17, 15) is 9.90 Å². The van der Waals surface area contributed by atoms with E-state index in [1.165, 1.54) is 0 Å². The molecule has 0 saturated carbocycles. The molecule has 4 heterocycles. The number of carbonyl (C=O) groups excluding carboxylic acids is 1. The number of piperidine rings is 1. The van der Waals surface area contributed by atoms with E-state index in [0.29, 0.717) is 40.7 Å². The Hall–Kier alpha value is -3.15. The standard InChI is InChI=1S/C32H40Cl2N6O4/c1-22(41)19-39-9-11-40(12-10-39)30-4-3-28(18-36-30)44-31-14-24(13-29(37-31)25-15-26(33)17-27(34)16-25)20-38-7-5-23(6-8-38)21-43-32(42)35-2/h3-4,13-18,22-23,41H,5-12,19-21H2,1-2H3,(H,35,42)/t22-/m1/s1. The molecule has 2 aromatic heterocycles. The summed E-state index contributed by atoms with van der Waals surface area (Å²) in [6.07, 6.45) is 2.93. The smallest absolute Gasteiger partial charge is 0.406 e. The van der Waals surface area contributed by atoms with Crippen molar-refractivity contribution in [2.75, 3.05) is 64.4 Å². The van der Waals surface area contributed by atoms with Crippen LogP contribution in [0.1, 0.15) is 25.3 Å². The highest BCUT2D eigenvalue weighted by molar-refractivity contribution is 6.35. The van der Waals surface area contributed by atoms with Crippen molar-refractivity contribution in [2.45, 2.75) is 32.4 Å². The number of nitrogens with zero attached hydrogens (tertiary/aromatic N) is 5. The van der Waals surface area contributed by atoms with Gasteiger partial charge in [-0.05, 0) is 80.7 Å². The van der Waals surface area contributed by atoms with Crippen LogP contribution >= 0.6 is 23.2 Å². The molecule has 0 aliphatic carbocycles. The SMILES string of the molecule is CNC(=O)OCC1CCN(Cc2cc(Oc3ccc(N4CCN(C[C@@H](C)O)CC4)nc3)nc(-c3cc(Cl)cc(Cl)c3)c2)CC1. The molecule has 10 nitrogen and oxygen atoms in total. The normalized spacial score (nSPS) is 17.3. The van der Waals surface area contributed by atoms with Crippen molar-refractivity contribution in [3.63, 3.8) is 0 Å². The molecule has 2 saturated heterocycles. The van der Waals surface area contributed by atoms with Gasteiger partial charge >= 0.3 is 6.09 Å². The minimum absolute atomic E-state index is 0.326. The van der Waals surface area contributed by atoms with E-state index < -0.39 is 0 Å². The fraction of sp³-hybridized carbons (Fsp3) is 0.469. The number of hydrogen-bond donors (Lipinski definition) is 2. The maximum atomic E-state index is 11.5. The summed E-state index contributed by atoms with van der Waals surface area (Å²) in [5, 5.41) is 13.2. The molecular weight excluding hydrogens is 603 g/mol. The highest BCUT2D eigenvalue weighted by Crippen LogP contribution is 2.31. The minimum Gasteiger partial charge on any atom is -0.449 e. The highest BCUT2D eigenvalue weighted by Gasteiger charge is 2.22. The molecule has 2 fully saturated rings. The maximum Gasteiger partial charge on any atom is 0.406 e. The fourth-order valence-corrected chi connectivity index (χ4v) is 6.19. The van der Waals surface area contributed by atoms with Gasteiger partial charge in [0, 0.05) is 68.0 Å². The lowest BCUT2D eigenvalue weighted by Gasteiger charge is -2.35. The predicted molar refractivity (Wildman–Crippen MR) is 173 cm³/mol. The maximum absolute atomic E-state index is 11.5. The second kappa shape index (κ2) is 15.2. The largest absolute Gasteiger partial charge is 0.449 e. The Kier molecular flexibility index (Phi) is 11.2. The number of amides is 1. The molecule has 2 aliphatic heterocycles. The van der Waals surface area contributed by atoms with Crippen molar-refractivity contribution in [1.29, 1.82) is 0 Å². The molecule has 0 spiro atoms. The summed E-state index contributed by atoms with van der Waals surface area (Å²) in [5.74, 6) is 2.31. The number of aromatic nitrogens is 2. The van der Waals surface area contributed by atoms with Crippen LogP contribution in [0.15, 0.2) is 48.7 Å². The zero-order valence-corrected chi connectivity index (χ0v) is 26.7. The third-order valence-electron chi connectivity index (χ3n) is 7.95. The number of carbonyl (C=O) groups is 1. The lowest BCUT2D eigenvalue weighted by molar-refractivity contribution is 0.0955. The average Bonchev–Trinajstić information content (AvgIpc) is 3.00. The first kappa shape index (κ1) is 32.2. The van der Waals surface area contributed by atoms with Crippen LogP contribution in [0.3, 0.4) is 0 Å². The summed E-state index contributed by atoms with van der Waals surface area (Å²) in [6, 6.07) is 13.3.